The second-order valence-electron chi connectivity index (χ2n) is 8.07. The van der Waals surface area contributed by atoms with Crippen LogP contribution in [0, 0.1) is 11.7 Å². The fourth-order valence-corrected chi connectivity index (χ4v) is 5.27. The zero-order valence-corrected chi connectivity index (χ0v) is 17.9. The third-order valence-electron chi connectivity index (χ3n) is 6.22. The fourth-order valence-electron chi connectivity index (χ4n) is 4.62. The highest BCUT2D eigenvalue weighted by Gasteiger charge is 2.40. The van der Waals surface area contributed by atoms with E-state index in [1.54, 1.807) is 12.1 Å². The topological polar surface area (TPSA) is 32.3 Å². The molecule has 0 spiro atoms. The number of rotatable bonds is 4. The molecule has 2 aromatic rings. The molecule has 2 aromatic carbocycles. The van der Waals surface area contributed by atoms with Gasteiger partial charge in [-0.1, -0.05) is 35.3 Å². The zero-order chi connectivity index (χ0) is 22.3. The highest BCUT2D eigenvalue weighted by Crippen LogP contribution is 2.40. The van der Waals surface area contributed by atoms with Crippen LogP contribution in [0.1, 0.15) is 46.8 Å². The van der Waals surface area contributed by atoms with Crippen molar-refractivity contribution in [3.63, 3.8) is 0 Å². The van der Waals surface area contributed by atoms with Gasteiger partial charge in [0.1, 0.15) is 5.82 Å². The van der Waals surface area contributed by atoms with Crippen LogP contribution in [-0.4, -0.2) is 29.9 Å². The summed E-state index contributed by atoms with van der Waals surface area (Å²) >= 11 is 12.0. The van der Waals surface area contributed by atoms with E-state index in [2.05, 4.69) is 10.2 Å². The average molecular weight is 475 g/mol. The van der Waals surface area contributed by atoms with Crippen molar-refractivity contribution in [3.8, 4) is 0 Å². The molecule has 0 aliphatic carbocycles. The van der Waals surface area contributed by atoms with Crippen LogP contribution in [0.25, 0.3) is 0 Å². The number of benzene rings is 2. The Bertz CT molecular complexity index is 973. The quantitative estimate of drug-likeness (QED) is 0.542. The summed E-state index contributed by atoms with van der Waals surface area (Å²) in [4.78, 5) is 15.4. The van der Waals surface area contributed by atoms with Crippen LogP contribution >= 0.6 is 23.2 Å². The van der Waals surface area contributed by atoms with E-state index in [1.807, 2.05) is 0 Å². The number of nitrogens with zero attached hydrogens (tertiary/aromatic N) is 1. The van der Waals surface area contributed by atoms with E-state index in [0.717, 1.165) is 44.5 Å². The molecule has 1 N–H and O–H groups in total. The molecule has 0 radical (unpaired) electrons. The summed E-state index contributed by atoms with van der Waals surface area (Å²) in [6.45, 7) is 1.77. The number of hydrogen-bond acceptors (Lipinski definition) is 2. The summed E-state index contributed by atoms with van der Waals surface area (Å²) in [5, 5.41) is 1.94. The SMILES string of the molecule is O=C(NC(c1ccc(F)cc1)C1CC2CCN1CC2)c1c(Cl)ccc(C(F)(F)F)c1Cl. The highest BCUT2D eigenvalue weighted by molar-refractivity contribution is 6.40. The summed E-state index contributed by atoms with van der Waals surface area (Å²) in [5.41, 5.74) is -0.865. The van der Waals surface area contributed by atoms with E-state index in [4.69, 9.17) is 23.2 Å². The Morgan fingerprint density at radius 2 is 1.71 bits per heavy atom. The Hall–Kier alpha value is -1.83. The molecule has 31 heavy (non-hydrogen) atoms. The number of hydrogen-bond donors (Lipinski definition) is 1. The van der Waals surface area contributed by atoms with E-state index in [0.29, 0.717) is 11.5 Å². The lowest BCUT2D eigenvalue weighted by molar-refractivity contribution is -0.137. The Kier molecular flexibility index (Phi) is 6.21. The molecular formula is C22H20Cl2F4N2O. The van der Waals surface area contributed by atoms with Gasteiger partial charge in [-0.05, 0) is 68.1 Å². The number of carbonyl (C=O) groups is 1. The van der Waals surface area contributed by atoms with Crippen molar-refractivity contribution in [2.24, 2.45) is 5.92 Å². The molecule has 3 nitrogen and oxygen atoms in total. The molecule has 0 aromatic heterocycles. The van der Waals surface area contributed by atoms with Crippen LogP contribution in [-0.2, 0) is 6.18 Å². The molecule has 0 saturated carbocycles. The lowest BCUT2D eigenvalue weighted by Gasteiger charge is -2.48. The van der Waals surface area contributed by atoms with Crippen LogP contribution in [0.5, 0.6) is 0 Å². The van der Waals surface area contributed by atoms with Crippen molar-refractivity contribution in [1.29, 1.82) is 0 Å². The van der Waals surface area contributed by atoms with Gasteiger partial charge < -0.3 is 5.32 Å². The van der Waals surface area contributed by atoms with Crippen molar-refractivity contribution in [2.75, 3.05) is 13.1 Å². The van der Waals surface area contributed by atoms with Crippen molar-refractivity contribution in [1.82, 2.24) is 10.2 Å². The molecule has 5 rings (SSSR count). The second-order valence-corrected chi connectivity index (χ2v) is 8.85. The van der Waals surface area contributed by atoms with E-state index >= 15 is 0 Å². The average Bonchev–Trinajstić information content (AvgIpc) is 2.72. The van der Waals surface area contributed by atoms with Crippen molar-refractivity contribution >= 4 is 29.1 Å². The Morgan fingerprint density at radius 3 is 2.26 bits per heavy atom. The van der Waals surface area contributed by atoms with Crippen LogP contribution in [0.4, 0.5) is 17.6 Å². The molecule has 3 saturated heterocycles. The van der Waals surface area contributed by atoms with Gasteiger partial charge in [-0.2, -0.15) is 13.2 Å². The molecule has 2 unspecified atom stereocenters. The summed E-state index contributed by atoms with van der Waals surface area (Å²) in [7, 11) is 0. The lowest BCUT2D eigenvalue weighted by atomic mass is 9.79. The highest BCUT2D eigenvalue weighted by atomic mass is 35.5. The molecule has 166 valence electrons. The van der Waals surface area contributed by atoms with Gasteiger partial charge in [0.2, 0.25) is 0 Å². The maximum atomic E-state index is 13.5. The molecule has 3 aliphatic heterocycles. The lowest BCUT2D eigenvalue weighted by Crippen LogP contribution is -2.54. The minimum absolute atomic E-state index is 0.0507. The van der Waals surface area contributed by atoms with Gasteiger partial charge >= 0.3 is 6.18 Å². The molecule has 2 bridgehead atoms. The Labute approximate surface area is 187 Å². The first-order chi connectivity index (χ1) is 14.6. The monoisotopic (exact) mass is 474 g/mol. The normalized spacial score (nSPS) is 24.1. The number of nitrogens with one attached hydrogen (secondary N) is 1. The van der Waals surface area contributed by atoms with E-state index in [9.17, 15) is 22.4 Å². The van der Waals surface area contributed by atoms with Crippen LogP contribution in [0.15, 0.2) is 36.4 Å². The van der Waals surface area contributed by atoms with Gasteiger partial charge in [0.15, 0.2) is 0 Å². The van der Waals surface area contributed by atoms with Crippen LogP contribution in [0.3, 0.4) is 0 Å². The maximum Gasteiger partial charge on any atom is 0.417 e. The van der Waals surface area contributed by atoms with Crippen molar-refractivity contribution in [3.05, 3.63) is 69.0 Å². The van der Waals surface area contributed by atoms with Crippen LogP contribution in [0.2, 0.25) is 10.0 Å². The van der Waals surface area contributed by atoms with Gasteiger partial charge in [-0.3, -0.25) is 9.69 Å². The first kappa shape index (κ1) is 22.4. The number of carbonyl (C=O) groups excluding carboxylic acids is 1. The summed E-state index contributed by atoms with van der Waals surface area (Å²) in [6.07, 6.45) is -1.73. The summed E-state index contributed by atoms with van der Waals surface area (Å²) < 4.78 is 53.3. The minimum atomic E-state index is -4.72. The minimum Gasteiger partial charge on any atom is -0.344 e. The Morgan fingerprint density at radius 1 is 1.06 bits per heavy atom. The van der Waals surface area contributed by atoms with Gasteiger partial charge in [-0.25, -0.2) is 4.39 Å². The molecule has 9 heteroatoms. The summed E-state index contributed by atoms with van der Waals surface area (Å²) in [5.74, 6) is -0.683. The second kappa shape index (κ2) is 8.60. The van der Waals surface area contributed by atoms with Gasteiger partial charge in [-0.15, -0.1) is 0 Å². The van der Waals surface area contributed by atoms with Gasteiger partial charge in [0.25, 0.3) is 5.91 Å². The molecule has 3 aliphatic rings. The number of halogens is 6. The molecular weight excluding hydrogens is 455 g/mol. The number of amides is 1. The predicted octanol–water partition coefficient (Wildman–Crippen LogP) is 6.11. The van der Waals surface area contributed by atoms with Crippen molar-refractivity contribution in [2.45, 2.75) is 37.5 Å². The predicted molar refractivity (Wildman–Crippen MR) is 111 cm³/mol. The largest absolute Gasteiger partial charge is 0.417 e. The van der Waals surface area contributed by atoms with Crippen LogP contribution < -0.4 is 5.32 Å². The third-order valence-corrected chi connectivity index (χ3v) is 6.92. The maximum absolute atomic E-state index is 13.5. The molecule has 2 atom stereocenters. The number of fused-ring (bicyclic) bond motifs is 3. The first-order valence-corrected chi connectivity index (χ1v) is 10.8. The third kappa shape index (κ3) is 4.54. The molecule has 1 amide bonds. The van der Waals surface area contributed by atoms with Crippen molar-refractivity contribution < 1.29 is 22.4 Å². The van der Waals surface area contributed by atoms with Gasteiger partial charge in [0, 0.05) is 6.04 Å². The van der Waals surface area contributed by atoms with E-state index < -0.39 is 40.1 Å². The smallest absolute Gasteiger partial charge is 0.344 e. The van der Waals surface area contributed by atoms with E-state index in [-0.39, 0.29) is 11.1 Å². The Balaban J connectivity index is 1.69. The van der Waals surface area contributed by atoms with E-state index in [1.165, 1.54) is 12.1 Å². The molecule has 3 fully saturated rings. The zero-order valence-electron chi connectivity index (χ0n) is 16.4. The standard InChI is InChI=1S/C22H20Cl2F4N2O/c23-16-6-5-15(22(26,27)28)19(24)18(16)21(31)29-20(13-1-3-14(25)4-2-13)17-11-12-7-9-30(17)10-8-12/h1-6,12,17,20H,7-11H2,(H,29,31). The van der Waals surface area contributed by atoms with Gasteiger partial charge in [0.05, 0.1) is 27.2 Å². The summed E-state index contributed by atoms with van der Waals surface area (Å²) in [6, 6.07) is 6.94. The molecule has 3 heterocycles. The first-order valence-electron chi connectivity index (χ1n) is 10.0. The fraction of sp³-hybridized carbons (Fsp3) is 0.409. The number of alkyl halides is 3. The number of piperidine rings is 3.